The van der Waals surface area contributed by atoms with Crippen molar-refractivity contribution in [2.75, 3.05) is 27.3 Å². The molecule has 4 aliphatic heterocycles. The molecule has 0 amide bonds. The van der Waals surface area contributed by atoms with E-state index in [9.17, 15) is 23.9 Å². The molecule has 4 heterocycles. The first-order chi connectivity index (χ1) is 28.3. The third-order valence-corrected chi connectivity index (χ3v) is 13.3. The van der Waals surface area contributed by atoms with E-state index in [2.05, 4.69) is 5.16 Å². The van der Waals surface area contributed by atoms with Gasteiger partial charge in [0.2, 0.25) is 0 Å². The molecule has 2 aromatic rings. The van der Waals surface area contributed by atoms with Gasteiger partial charge in [0.1, 0.15) is 35.1 Å². The molecule has 13 nitrogen and oxygen atoms in total. The Morgan fingerprint density at radius 2 is 1.68 bits per heavy atom. The van der Waals surface area contributed by atoms with E-state index < -0.39 is 83.4 Å². The van der Waals surface area contributed by atoms with Gasteiger partial charge in [0.25, 0.3) is 0 Å². The molecule has 0 unspecified atom stereocenters. The summed E-state index contributed by atoms with van der Waals surface area (Å²) in [7, 11) is 3.79. The molecule has 1 N–H and O–H groups in total. The average molecular weight is 839 g/mol. The van der Waals surface area contributed by atoms with Crippen molar-refractivity contribution >= 4 is 23.4 Å². The normalized spacial score (nSPS) is 39.0. The molecule has 0 saturated carbocycles. The molecule has 4 saturated heterocycles. The largest absolute Gasteiger partial charge is 0.458 e. The first kappa shape index (κ1) is 45.7. The Morgan fingerprint density at radius 1 is 0.967 bits per heavy atom. The summed E-state index contributed by atoms with van der Waals surface area (Å²) >= 11 is 0. The molecule has 6 rings (SSSR count). The molecule has 0 spiro atoms. The second kappa shape index (κ2) is 18.7. The molecule has 2 bridgehead atoms. The number of halogens is 1. The van der Waals surface area contributed by atoms with Gasteiger partial charge >= 0.3 is 11.9 Å². The first-order valence-electron chi connectivity index (χ1n) is 21.3. The van der Waals surface area contributed by atoms with E-state index in [4.69, 9.17) is 33.3 Å². The minimum absolute atomic E-state index is 0.0107. The summed E-state index contributed by atoms with van der Waals surface area (Å²) in [5.41, 5.74) is -0.555. The van der Waals surface area contributed by atoms with Gasteiger partial charge in [-0.3, -0.25) is 14.4 Å². The number of carbonyl (C=O) groups is 3. The maximum Gasteiger partial charge on any atom is 0.311 e. The maximum absolute atomic E-state index is 14.6. The Morgan fingerprint density at radius 3 is 2.37 bits per heavy atom. The van der Waals surface area contributed by atoms with Crippen molar-refractivity contribution in [2.45, 2.75) is 135 Å². The van der Waals surface area contributed by atoms with Gasteiger partial charge in [-0.2, -0.15) is 0 Å². The summed E-state index contributed by atoms with van der Waals surface area (Å²) < 4.78 is 52.7. The summed E-state index contributed by atoms with van der Waals surface area (Å²) in [6.07, 6.45) is -3.90. The smallest absolute Gasteiger partial charge is 0.311 e. The number of fused-ring (bicyclic) bond motifs is 4. The van der Waals surface area contributed by atoms with Crippen LogP contribution < -0.4 is 4.84 Å². The van der Waals surface area contributed by atoms with Crippen LogP contribution in [0.1, 0.15) is 81.1 Å². The maximum atomic E-state index is 14.6. The van der Waals surface area contributed by atoms with Crippen molar-refractivity contribution in [1.29, 1.82) is 0 Å². The fraction of sp³-hybridized carbons (Fsp3) is 0.652. The number of oxime groups is 1. The van der Waals surface area contributed by atoms with Gasteiger partial charge in [-0.05, 0) is 96.4 Å². The number of nitrogens with zero attached hydrogens (tertiary/aromatic N) is 2. The summed E-state index contributed by atoms with van der Waals surface area (Å²) in [4.78, 5) is 49.9. The van der Waals surface area contributed by atoms with Crippen molar-refractivity contribution in [3.63, 3.8) is 0 Å². The second-order valence-corrected chi connectivity index (χ2v) is 18.0. The molecule has 4 aliphatic rings. The number of rotatable bonds is 7. The first-order valence-corrected chi connectivity index (χ1v) is 21.3. The van der Waals surface area contributed by atoms with E-state index >= 15 is 0 Å². The molecule has 14 atom stereocenters. The van der Waals surface area contributed by atoms with Crippen LogP contribution >= 0.6 is 0 Å². The molecular weight excluding hydrogens is 776 g/mol. The molecule has 4 fully saturated rings. The minimum Gasteiger partial charge on any atom is -0.458 e. The number of hydrogen-bond donors (Lipinski definition) is 1. The van der Waals surface area contributed by atoms with Crippen LogP contribution in [0.5, 0.6) is 5.75 Å². The number of likely N-dealkylation sites (N-methyl/N-ethyl adjacent to an activating group) is 1. The number of esters is 2. The van der Waals surface area contributed by atoms with E-state index in [0.29, 0.717) is 24.3 Å². The van der Waals surface area contributed by atoms with Gasteiger partial charge in [-0.25, -0.2) is 4.39 Å². The highest BCUT2D eigenvalue weighted by molar-refractivity contribution is 5.87. The molecule has 0 radical (unpaired) electrons. The van der Waals surface area contributed by atoms with Gasteiger partial charge in [-0.15, -0.1) is 0 Å². The molecule has 2 aromatic carbocycles. The number of aliphatic hydroxyl groups is 1. The summed E-state index contributed by atoms with van der Waals surface area (Å²) in [6, 6.07) is 13.1. The highest BCUT2D eigenvalue weighted by Gasteiger charge is 2.57. The minimum atomic E-state index is -1.27. The number of cyclic esters (lactones) is 1. The molecule has 0 aromatic heterocycles. The van der Waals surface area contributed by atoms with Gasteiger partial charge in [0.15, 0.2) is 12.0 Å². The lowest BCUT2D eigenvalue weighted by Gasteiger charge is -2.48. The number of ether oxygens (including phenoxy) is 6. The van der Waals surface area contributed by atoms with E-state index in [0.717, 1.165) is 11.1 Å². The third kappa shape index (κ3) is 9.64. The fourth-order valence-electron chi connectivity index (χ4n) is 9.90. The van der Waals surface area contributed by atoms with Crippen LogP contribution in [0.4, 0.5) is 4.39 Å². The van der Waals surface area contributed by atoms with Crippen molar-refractivity contribution < 1.29 is 57.1 Å². The Labute approximate surface area is 353 Å². The van der Waals surface area contributed by atoms with E-state index in [1.807, 2.05) is 72.7 Å². The summed E-state index contributed by atoms with van der Waals surface area (Å²) in [5.74, 6) is -4.35. The highest BCUT2D eigenvalue weighted by atomic mass is 19.1. The number of ketones is 1. The van der Waals surface area contributed by atoms with E-state index in [1.165, 1.54) is 12.1 Å². The van der Waals surface area contributed by atoms with Crippen molar-refractivity contribution in [3.8, 4) is 16.9 Å². The fourth-order valence-corrected chi connectivity index (χ4v) is 9.90. The number of hydrogen-bond acceptors (Lipinski definition) is 13. The lowest BCUT2D eigenvalue weighted by Crippen LogP contribution is -2.60. The number of carbonyl (C=O) groups excluding carboxylic acids is 3. The van der Waals surface area contributed by atoms with Crippen LogP contribution in [0, 0.1) is 35.4 Å². The van der Waals surface area contributed by atoms with Gasteiger partial charge in [-0.1, -0.05) is 57.1 Å². The highest BCUT2D eigenvalue weighted by Crippen LogP contribution is 2.46. The predicted octanol–water partition coefficient (Wildman–Crippen LogP) is 6.37. The number of benzene rings is 2. The van der Waals surface area contributed by atoms with Crippen LogP contribution in [0.2, 0.25) is 0 Å². The standard InChI is InChI=1S/C46H63FN2O11/c1-11-37-46(8)35(21-38(50)59-46)27(4)39(51)25(2)22-45(7)42(58-44-40(52)36(49(9)10)19-26(3)56-44)28(5)41(29(6)43(53)57-37)54-23-33(24-55-45)48-60-34-14-12-13-31(20-34)30-15-17-32(47)18-16-30/h12-18,20,25-29,35-37,40-42,44,52H,11,19,21-24H2,1-10H3/b48-33-/t25-,26-,27-,28+,29-,35+,36+,37-,40-,41+,42-,44+,45-,46+/m1/s1. The van der Waals surface area contributed by atoms with E-state index in [1.54, 1.807) is 38.1 Å². The monoisotopic (exact) mass is 838 g/mol. The van der Waals surface area contributed by atoms with Gasteiger partial charge in [0.05, 0.1) is 49.5 Å². The van der Waals surface area contributed by atoms with Crippen molar-refractivity contribution in [2.24, 2.45) is 34.7 Å². The number of aliphatic hydroxyl groups excluding tert-OH is 1. The van der Waals surface area contributed by atoms with Crippen molar-refractivity contribution in [3.05, 3.63) is 54.3 Å². The average Bonchev–Trinajstić information content (AvgIpc) is 3.54. The number of Topliss-reactive ketones (excluding diaryl/α,β-unsaturated/α-hetero) is 1. The molecule has 14 heteroatoms. The van der Waals surface area contributed by atoms with Crippen LogP contribution in [0.3, 0.4) is 0 Å². The van der Waals surface area contributed by atoms with Gasteiger partial charge in [0, 0.05) is 29.7 Å². The van der Waals surface area contributed by atoms with Gasteiger partial charge < -0.3 is 43.3 Å². The Bertz CT molecular complexity index is 1880. The van der Waals surface area contributed by atoms with Crippen molar-refractivity contribution in [1.82, 2.24) is 4.90 Å². The quantitative estimate of drug-likeness (QED) is 0.244. The Kier molecular flexibility index (Phi) is 14.2. The van der Waals surface area contributed by atoms with E-state index in [-0.39, 0.29) is 49.8 Å². The third-order valence-electron chi connectivity index (χ3n) is 13.3. The van der Waals surface area contributed by atoms with Crippen LogP contribution in [-0.2, 0) is 42.8 Å². The molecule has 60 heavy (non-hydrogen) atoms. The topological polar surface area (TPSA) is 152 Å². The molecular formula is C46H63FN2O11. The van der Waals surface area contributed by atoms with Crippen LogP contribution in [-0.4, -0.2) is 115 Å². The zero-order chi connectivity index (χ0) is 43.7. The van der Waals surface area contributed by atoms with Crippen LogP contribution in [0.15, 0.2) is 53.7 Å². The summed E-state index contributed by atoms with van der Waals surface area (Å²) in [6.45, 7) is 14.5. The predicted molar refractivity (Wildman–Crippen MR) is 220 cm³/mol. The lowest BCUT2D eigenvalue weighted by molar-refractivity contribution is -0.302. The summed E-state index contributed by atoms with van der Waals surface area (Å²) in [5, 5.41) is 16.2. The SMILES string of the molecule is CC[C@H]1OC(=O)[C@H](C)[C@H]2OC/C(=N/Oc3cccc(-c4ccc(F)cc4)c3)CO[C@](C)(C[C@@H](C)C(=O)[C@H](C)[C@@H]3CC(=O)O[C@]13C)[C@H](O[C@@H]1O[C@H](C)C[C@H](N(C)C)[C@H]1O)[C@H]2C. The molecule has 0 aliphatic carbocycles. The Balaban J connectivity index is 1.42. The second-order valence-electron chi connectivity index (χ2n) is 18.0. The zero-order valence-electron chi connectivity index (χ0n) is 36.6. The lowest BCUT2D eigenvalue weighted by atomic mass is 9.70. The zero-order valence-corrected chi connectivity index (χ0v) is 36.6. The molecule has 330 valence electrons. The van der Waals surface area contributed by atoms with Crippen LogP contribution in [0.25, 0.3) is 11.1 Å². The Hall–Kier alpha value is -3.79.